The van der Waals surface area contributed by atoms with Crippen molar-refractivity contribution in [3.8, 4) is 5.88 Å². The van der Waals surface area contributed by atoms with Crippen LogP contribution in [0.5, 0.6) is 5.88 Å². The molecule has 1 aliphatic carbocycles. The van der Waals surface area contributed by atoms with Gasteiger partial charge in [0, 0.05) is 37.8 Å². The summed E-state index contributed by atoms with van der Waals surface area (Å²) in [6, 6.07) is 3.62. The molecule has 1 saturated carbocycles. The Bertz CT molecular complexity index is 663. The second-order valence-electron chi connectivity index (χ2n) is 7.56. The van der Waals surface area contributed by atoms with Gasteiger partial charge < -0.3 is 15.0 Å². The normalized spacial score (nSPS) is 25.7. The summed E-state index contributed by atoms with van der Waals surface area (Å²) in [4.78, 5) is 28.4. The van der Waals surface area contributed by atoms with Crippen molar-refractivity contribution in [1.29, 1.82) is 0 Å². The fourth-order valence-corrected chi connectivity index (χ4v) is 4.31. The molecule has 1 aromatic heterocycles. The number of hydrogen-bond acceptors (Lipinski definition) is 6. The monoisotopic (exact) mass is 361 g/mol. The molecule has 142 valence electrons. The Labute approximate surface area is 152 Å². The molecule has 0 bridgehead atoms. The van der Waals surface area contributed by atoms with E-state index >= 15 is 0 Å². The molecule has 8 nitrogen and oxygen atoms in total. The van der Waals surface area contributed by atoms with E-state index in [-0.39, 0.29) is 23.6 Å². The summed E-state index contributed by atoms with van der Waals surface area (Å²) < 4.78 is 5.44. The Kier molecular flexibility index (Phi) is 5.21. The summed E-state index contributed by atoms with van der Waals surface area (Å²) in [5.74, 6) is 0.635. The van der Waals surface area contributed by atoms with Gasteiger partial charge in [0.1, 0.15) is 0 Å². The standard InChI is InChI=1S/C18H27N5O3/c24-16-4-5-17(21-20-16)26-18(25)23-11-10-22(14-2-1-3-14)12-15(23)13-6-8-19-9-7-13/h4-5,13-15,19H,1-3,6-12H2,(H,20,24). The number of aromatic amines is 1. The fourth-order valence-electron chi connectivity index (χ4n) is 4.31. The Balaban J connectivity index is 1.47. The van der Waals surface area contributed by atoms with Crippen LogP contribution in [0.3, 0.4) is 0 Å². The number of carbonyl (C=O) groups excluding carboxylic acids is 1. The number of hydrogen-bond donors (Lipinski definition) is 2. The van der Waals surface area contributed by atoms with Gasteiger partial charge in [-0.2, -0.15) is 0 Å². The van der Waals surface area contributed by atoms with Gasteiger partial charge in [0.05, 0.1) is 6.04 Å². The highest BCUT2D eigenvalue weighted by Crippen LogP contribution is 2.31. The quantitative estimate of drug-likeness (QED) is 0.828. The second kappa shape index (κ2) is 7.75. The maximum atomic E-state index is 12.8. The van der Waals surface area contributed by atoms with E-state index in [0.717, 1.165) is 39.0 Å². The van der Waals surface area contributed by atoms with Crippen molar-refractivity contribution < 1.29 is 9.53 Å². The Morgan fingerprint density at radius 1 is 1.15 bits per heavy atom. The molecular weight excluding hydrogens is 334 g/mol. The molecule has 3 fully saturated rings. The van der Waals surface area contributed by atoms with Gasteiger partial charge in [-0.25, -0.2) is 9.89 Å². The van der Waals surface area contributed by atoms with E-state index in [9.17, 15) is 9.59 Å². The van der Waals surface area contributed by atoms with Crippen LogP contribution in [0.15, 0.2) is 16.9 Å². The van der Waals surface area contributed by atoms with Crippen LogP contribution < -0.4 is 15.6 Å². The molecule has 1 atom stereocenters. The first-order valence-electron chi connectivity index (χ1n) is 9.69. The number of nitrogens with zero attached hydrogens (tertiary/aromatic N) is 3. The van der Waals surface area contributed by atoms with Crippen molar-refractivity contribution in [2.75, 3.05) is 32.7 Å². The minimum atomic E-state index is -0.360. The number of ether oxygens (including phenoxy) is 1. The van der Waals surface area contributed by atoms with Crippen molar-refractivity contribution >= 4 is 6.09 Å². The van der Waals surface area contributed by atoms with Crippen LogP contribution in [0, 0.1) is 5.92 Å². The summed E-state index contributed by atoms with van der Waals surface area (Å²) in [7, 11) is 0. The predicted molar refractivity (Wildman–Crippen MR) is 96.2 cm³/mol. The molecule has 2 saturated heterocycles. The average Bonchev–Trinajstić information content (AvgIpc) is 2.63. The molecule has 2 aliphatic heterocycles. The van der Waals surface area contributed by atoms with Crippen LogP contribution in [-0.4, -0.2) is 70.9 Å². The van der Waals surface area contributed by atoms with Gasteiger partial charge in [-0.1, -0.05) is 6.42 Å². The number of amides is 1. The minimum absolute atomic E-state index is 0.139. The van der Waals surface area contributed by atoms with Crippen molar-refractivity contribution in [2.45, 2.75) is 44.2 Å². The van der Waals surface area contributed by atoms with E-state index in [2.05, 4.69) is 20.4 Å². The molecular formula is C18H27N5O3. The topological polar surface area (TPSA) is 90.6 Å². The number of piperidine rings is 1. The molecule has 0 aromatic carbocycles. The maximum absolute atomic E-state index is 12.8. The van der Waals surface area contributed by atoms with Gasteiger partial charge in [0.15, 0.2) is 0 Å². The third-order valence-electron chi connectivity index (χ3n) is 6.05. The van der Waals surface area contributed by atoms with Crippen LogP contribution in [0.2, 0.25) is 0 Å². The smallest absolute Gasteiger partial charge is 0.390 e. The lowest BCUT2D eigenvalue weighted by atomic mass is 9.85. The molecule has 3 aliphatic rings. The molecule has 8 heteroatoms. The van der Waals surface area contributed by atoms with Crippen LogP contribution in [0.4, 0.5) is 4.79 Å². The molecule has 3 heterocycles. The zero-order valence-electron chi connectivity index (χ0n) is 15.0. The van der Waals surface area contributed by atoms with E-state index in [1.807, 2.05) is 4.90 Å². The van der Waals surface area contributed by atoms with Crippen molar-refractivity contribution in [2.24, 2.45) is 5.92 Å². The second-order valence-corrected chi connectivity index (χ2v) is 7.56. The SMILES string of the molecule is O=C(Oc1ccc(=O)[nH]n1)N1CCN(C2CCC2)CC1C1CCNCC1. The van der Waals surface area contributed by atoms with Gasteiger partial charge in [0.2, 0.25) is 5.88 Å². The summed E-state index contributed by atoms with van der Waals surface area (Å²) >= 11 is 0. The molecule has 4 rings (SSSR count). The number of nitrogens with one attached hydrogen (secondary N) is 2. The molecule has 26 heavy (non-hydrogen) atoms. The number of piperazine rings is 1. The first-order chi connectivity index (χ1) is 12.7. The van der Waals surface area contributed by atoms with Crippen molar-refractivity contribution in [3.63, 3.8) is 0 Å². The largest absolute Gasteiger partial charge is 0.416 e. The highest BCUT2D eigenvalue weighted by atomic mass is 16.6. The Hall–Kier alpha value is -1.93. The van der Waals surface area contributed by atoms with Crippen molar-refractivity contribution in [1.82, 2.24) is 25.3 Å². The predicted octanol–water partition coefficient (Wildman–Crippen LogP) is 0.807. The number of aromatic nitrogens is 2. The third kappa shape index (κ3) is 3.76. The van der Waals surface area contributed by atoms with E-state index < -0.39 is 0 Å². The summed E-state index contributed by atoms with van der Waals surface area (Å²) in [6.45, 7) is 4.54. The van der Waals surface area contributed by atoms with Gasteiger partial charge in [-0.15, -0.1) is 5.10 Å². The first kappa shape index (κ1) is 17.5. The highest BCUT2D eigenvalue weighted by molar-refractivity contribution is 5.70. The lowest BCUT2D eigenvalue weighted by Gasteiger charge is -2.49. The molecule has 1 aromatic rings. The maximum Gasteiger partial charge on any atom is 0.416 e. The number of H-pyrrole nitrogens is 1. The zero-order chi connectivity index (χ0) is 17.9. The van der Waals surface area contributed by atoms with Gasteiger partial charge in [-0.3, -0.25) is 9.69 Å². The van der Waals surface area contributed by atoms with E-state index in [4.69, 9.17) is 4.74 Å². The van der Waals surface area contributed by atoms with Gasteiger partial charge in [0.25, 0.3) is 5.56 Å². The summed E-state index contributed by atoms with van der Waals surface area (Å²) in [5.41, 5.74) is -0.313. The average molecular weight is 361 g/mol. The van der Waals surface area contributed by atoms with Crippen LogP contribution in [-0.2, 0) is 0 Å². The summed E-state index contributed by atoms with van der Waals surface area (Å²) in [6.07, 6.45) is 5.70. The van der Waals surface area contributed by atoms with E-state index in [1.165, 1.54) is 31.4 Å². The minimum Gasteiger partial charge on any atom is -0.390 e. The van der Waals surface area contributed by atoms with Crippen LogP contribution in [0.1, 0.15) is 32.1 Å². The van der Waals surface area contributed by atoms with E-state index in [0.29, 0.717) is 18.5 Å². The number of rotatable bonds is 3. The van der Waals surface area contributed by atoms with Gasteiger partial charge >= 0.3 is 6.09 Å². The lowest BCUT2D eigenvalue weighted by molar-refractivity contribution is 0.00440. The molecule has 1 amide bonds. The fraction of sp³-hybridized carbons (Fsp3) is 0.722. The molecule has 1 unspecified atom stereocenters. The number of carbonyl (C=O) groups is 1. The highest BCUT2D eigenvalue weighted by Gasteiger charge is 2.40. The Morgan fingerprint density at radius 2 is 1.96 bits per heavy atom. The van der Waals surface area contributed by atoms with E-state index in [1.54, 1.807) is 0 Å². The Morgan fingerprint density at radius 3 is 2.62 bits per heavy atom. The van der Waals surface area contributed by atoms with Crippen molar-refractivity contribution in [3.05, 3.63) is 22.5 Å². The molecule has 0 radical (unpaired) electrons. The molecule has 0 spiro atoms. The first-order valence-corrected chi connectivity index (χ1v) is 9.69. The molecule has 2 N–H and O–H groups in total. The summed E-state index contributed by atoms with van der Waals surface area (Å²) in [5, 5.41) is 9.50. The lowest BCUT2D eigenvalue weighted by Crippen LogP contribution is -2.62. The van der Waals surface area contributed by atoms with Crippen LogP contribution >= 0.6 is 0 Å². The van der Waals surface area contributed by atoms with Crippen LogP contribution in [0.25, 0.3) is 0 Å². The van der Waals surface area contributed by atoms with Gasteiger partial charge in [-0.05, 0) is 44.7 Å². The zero-order valence-corrected chi connectivity index (χ0v) is 15.0. The third-order valence-corrected chi connectivity index (χ3v) is 6.05.